The van der Waals surface area contributed by atoms with Crippen LogP contribution in [0.25, 0.3) is 0 Å². The second-order valence-corrected chi connectivity index (χ2v) is 3.11. The lowest BCUT2D eigenvalue weighted by molar-refractivity contribution is 0.337. The molecular weight excluding hydrogens is 162 g/mol. The molecule has 0 fully saturated rings. The molecule has 0 amide bonds. The fourth-order valence-corrected chi connectivity index (χ4v) is 1.38. The van der Waals surface area contributed by atoms with Gasteiger partial charge in [-0.3, -0.25) is 0 Å². The van der Waals surface area contributed by atoms with Crippen molar-refractivity contribution in [1.82, 2.24) is 0 Å². The molecule has 1 aromatic rings. The van der Waals surface area contributed by atoms with E-state index in [1.165, 1.54) is 16.7 Å². The lowest BCUT2D eigenvalue weighted by Gasteiger charge is -2.12. The van der Waals surface area contributed by atoms with Crippen molar-refractivity contribution in [3.8, 4) is 5.75 Å². The fraction of sp³-hybridized carbons (Fsp3) is 0.455. The molecule has 0 atom stereocenters. The maximum absolute atomic E-state index is 5.60. The van der Waals surface area contributed by atoms with Crippen LogP contribution in [0.15, 0.2) is 12.1 Å². The number of nitrogens with two attached hydrogens (primary N) is 1. The molecule has 0 saturated heterocycles. The Bertz CT molecular complexity index is 294. The maximum Gasteiger partial charge on any atom is 0.122 e. The summed E-state index contributed by atoms with van der Waals surface area (Å²) in [7, 11) is 0. The average molecular weight is 179 g/mol. The summed E-state index contributed by atoms with van der Waals surface area (Å²) in [5, 5.41) is 0. The summed E-state index contributed by atoms with van der Waals surface area (Å²) >= 11 is 0. The summed E-state index contributed by atoms with van der Waals surface area (Å²) in [6.07, 6.45) is 0. The molecule has 2 heteroatoms. The first-order valence-corrected chi connectivity index (χ1v) is 4.62. The van der Waals surface area contributed by atoms with E-state index in [-0.39, 0.29) is 0 Å². The summed E-state index contributed by atoms with van der Waals surface area (Å²) < 4.78 is 5.48. The summed E-state index contributed by atoms with van der Waals surface area (Å²) in [5.41, 5.74) is 9.24. The Morgan fingerprint density at radius 2 is 1.92 bits per heavy atom. The van der Waals surface area contributed by atoms with Crippen LogP contribution in [-0.4, -0.2) is 6.61 Å². The van der Waals surface area contributed by atoms with E-state index in [9.17, 15) is 0 Å². The molecule has 0 unspecified atom stereocenters. The minimum Gasteiger partial charge on any atom is -0.494 e. The summed E-state index contributed by atoms with van der Waals surface area (Å²) in [6.45, 7) is 7.45. The molecular formula is C11H17NO. The van der Waals surface area contributed by atoms with Crippen LogP contribution in [0.4, 0.5) is 0 Å². The Balaban J connectivity index is 3.07. The molecule has 2 N–H and O–H groups in total. The van der Waals surface area contributed by atoms with Gasteiger partial charge in [0.05, 0.1) is 6.61 Å². The molecule has 0 aromatic heterocycles. The summed E-state index contributed by atoms with van der Waals surface area (Å²) in [6, 6.07) is 4.03. The second kappa shape index (κ2) is 4.28. The van der Waals surface area contributed by atoms with Crippen molar-refractivity contribution >= 4 is 0 Å². The van der Waals surface area contributed by atoms with E-state index >= 15 is 0 Å². The van der Waals surface area contributed by atoms with E-state index in [2.05, 4.69) is 13.8 Å². The van der Waals surface area contributed by atoms with Crippen molar-refractivity contribution in [1.29, 1.82) is 0 Å². The lowest BCUT2D eigenvalue weighted by atomic mass is 10.0. The van der Waals surface area contributed by atoms with Gasteiger partial charge in [-0.25, -0.2) is 0 Å². The zero-order chi connectivity index (χ0) is 9.84. The highest BCUT2D eigenvalue weighted by molar-refractivity contribution is 5.43. The van der Waals surface area contributed by atoms with Gasteiger partial charge in [0.25, 0.3) is 0 Å². The van der Waals surface area contributed by atoms with Crippen molar-refractivity contribution < 1.29 is 4.74 Å². The van der Waals surface area contributed by atoms with Crippen LogP contribution < -0.4 is 10.5 Å². The molecule has 0 saturated carbocycles. The van der Waals surface area contributed by atoms with Gasteiger partial charge < -0.3 is 10.5 Å². The molecule has 72 valence electrons. The van der Waals surface area contributed by atoms with Crippen molar-refractivity contribution in [2.75, 3.05) is 6.61 Å². The minimum atomic E-state index is 0.596. The Kier molecular flexibility index (Phi) is 3.32. The third-order valence-corrected chi connectivity index (χ3v) is 2.37. The topological polar surface area (TPSA) is 35.2 Å². The van der Waals surface area contributed by atoms with Crippen LogP contribution in [0, 0.1) is 13.8 Å². The smallest absolute Gasteiger partial charge is 0.122 e. The van der Waals surface area contributed by atoms with Crippen LogP contribution in [0.1, 0.15) is 23.6 Å². The zero-order valence-electron chi connectivity index (χ0n) is 8.55. The molecule has 0 spiro atoms. The van der Waals surface area contributed by atoms with Gasteiger partial charge in [0.15, 0.2) is 0 Å². The predicted molar refractivity (Wildman–Crippen MR) is 55.0 cm³/mol. The molecule has 0 bridgehead atoms. The molecule has 0 heterocycles. The monoisotopic (exact) mass is 179 g/mol. The molecule has 0 aliphatic carbocycles. The van der Waals surface area contributed by atoms with Crippen LogP contribution in [-0.2, 0) is 6.54 Å². The van der Waals surface area contributed by atoms with E-state index < -0.39 is 0 Å². The first kappa shape index (κ1) is 10.1. The Morgan fingerprint density at radius 1 is 1.23 bits per heavy atom. The second-order valence-electron chi connectivity index (χ2n) is 3.11. The Hall–Kier alpha value is -1.02. The number of rotatable bonds is 3. The predicted octanol–water partition coefficient (Wildman–Crippen LogP) is 2.16. The molecule has 2 nitrogen and oxygen atoms in total. The highest BCUT2D eigenvalue weighted by Gasteiger charge is 2.04. The standard InChI is InChI=1S/C11H17NO/c1-4-13-11-6-5-10(7-12)8(2)9(11)3/h5-6H,4,7,12H2,1-3H3. The van der Waals surface area contributed by atoms with Crippen molar-refractivity contribution in [2.45, 2.75) is 27.3 Å². The van der Waals surface area contributed by atoms with Crippen LogP contribution in [0.3, 0.4) is 0 Å². The quantitative estimate of drug-likeness (QED) is 0.771. The van der Waals surface area contributed by atoms with Crippen LogP contribution in [0.2, 0.25) is 0 Å². The van der Waals surface area contributed by atoms with Gasteiger partial charge in [0, 0.05) is 6.54 Å². The number of benzene rings is 1. The van der Waals surface area contributed by atoms with Gasteiger partial charge in [-0.05, 0) is 43.5 Å². The molecule has 1 aromatic carbocycles. The largest absolute Gasteiger partial charge is 0.494 e. The zero-order valence-corrected chi connectivity index (χ0v) is 8.55. The first-order valence-electron chi connectivity index (χ1n) is 4.62. The van der Waals surface area contributed by atoms with Gasteiger partial charge in [-0.15, -0.1) is 0 Å². The Morgan fingerprint density at radius 3 is 2.46 bits per heavy atom. The first-order chi connectivity index (χ1) is 6.20. The third-order valence-electron chi connectivity index (χ3n) is 2.37. The third kappa shape index (κ3) is 2.01. The molecule has 1 rings (SSSR count). The molecule has 0 radical (unpaired) electrons. The molecule has 0 aliphatic heterocycles. The van der Waals surface area contributed by atoms with E-state index in [1.807, 2.05) is 19.1 Å². The van der Waals surface area contributed by atoms with E-state index in [0.29, 0.717) is 13.2 Å². The van der Waals surface area contributed by atoms with Crippen molar-refractivity contribution in [3.05, 3.63) is 28.8 Å². The number of ether oxygens (including phenoxy) is 1. The number of hydrogen-bond donors (Lipinski definition) is 1. The van der Waals surface area contributed by atoms with E-state index in [0.717, 1.165) is 5.75 Å². The van der Waals surface area contributed by atoms with Crippen molar-refractivity contribution in [3.63, 3.8) is 0 Å². The maximum atomic E-state index is 5.60. The number of hydrogen-bond acceptors (Lipinski definition) is 2. The van der Waals surface area contributed by atoms with Gasteiger partial charge in [0.2, 0.25) is 0 Å². The highest BCUT2D eigenvalue weighted by Crippen LogP contribution is 2.23. The van der Waals surface area contributed by atoms with Crippen molar-refractivity contribution in [2.24, 2.45) is 5.73 Å². The van der Waals surface area contributed by atoms with Gasteiger partial charge >= 0.3 is 0 Å². The SMILES string of the molecule is CCOc1ccc(CN)c(C)c1C. The van der Waals surface area contributed by atoms with Crippen LogP contribution in [0.5, 0.6) is 5.75 Å². The molecule has 13 heavy (non-hydrogen) atoms. The minimum absolute atomic E-state index is 0.596. The Labute approximate surface area is 79.7 Å². The van der Waals surface area contributed by atoms with E-state index in [4.69, 9.17) is 10.5 Å². The normalized spacial score (nSPS) is 10.2. The fourth-order valence-electron chi connectivity index (χ4n) is 1.38. The van der Waals surface area contributed by atoms with E-state index in [1.54, 1.807) is 0 Å². The lowest BCUT2D eigenvalue weighted by Crippen LogP contribution is -2.02. The molecule has 0 aliphatic rings. The van der Waals surface area contributed by atoms with Gasteiger partial charge in [0.1, 0.15) is 5.75 Å². The summed E-state index contributed by atoms with van der Waals surface area (Å²) in [4.78, 5) is 0. The van der Waals surface area contributed by atoms with Crippen LogP contribution >= 0.6 is 0 Å². The average Bonchev–Trinajstić information content (AvgIpc) is 2.14. The summed E-state index contributed by atoms with van der Waals surface area (Å²) in [5.74, 6) is 0.970. The highest BCUT2D eigenvalue weighted by atomic mass is 16.5. The van der Waals surface area contributed by atoms with Gasteiger partial charge in [-0.2, -0.15) is 0 Å². The van der Waals surface area contributed by atoms with Gasteiger partial charge in [-0.1, -0.05) is 6.07 Å².